The van der Waals surface area contributed by atoms with E-state index < -0.39 is 5.60 Å². The maximum absolute atomic E-state index is 12.3. The minimum atomic E-state index is -0.933. The molecule has 0 fully saturated rings. The van der Waals surface area contributed by atoms with Gasteiger partial charge in [0.05, 0.1) is 22.9 Å². The van der Waals surface area contributed by atoms with E-state index in [2.05, 4.69) is 5.32 Å². The topological polar surface area (TPSA) is 52.6 Å². The van der Waals surface area contributed by atoms with Crippen LogP contribution in [0.2, 0.25) is 5.02 Å². The third kappa shape index (κ3) is 6.16. The Balaban J connectivity index is 2.83. The van der Waals surface area contributed by atoms with Gasteiger partial charge in [-0.15, -0.1) is 0 Å². The molecule has 0 aliphatic rings. The zero-order chi connectivity index (χ0) is 16.0. The second-order valence-electron chi connectivity index (χ2n) is 5.50. The molecule has 0 unspecified atom stereocenters. The van der Waals surface area contributed by atoms with Gasteiger partial charge in [-0.05, 0) is 44.7 Å². The lowest BCUT2D eigenvalue weighted by molar-refractivity contribution is 0.0501. The lowest BCUT2D eigenvalue weighted by atomic mass is 10.1. The van der Waals surface area contributed by atoms with Crippen molar-refractivity contribution < 1.29 is 9.90 Å². The van der Waals surface area contributed by atoms with Crippen LogP contribution in [0.3, 0.4) is 0 Å². The Morgan fingerprint density at radius 1 is 1.48 bits per heavy atom. The number of hydrogen-bond acceptors (Lipinski definition) is 3. The summed E-state index contributed by atoms with van der Waals surface area (Å²) < 4.78 is 0. The van der Waals surface area contributed by atoms with Gasteiger partial charge in [-0.1, -0.05) is 17.7 Å². The van der Waals surface area contributed by atoms with E-state index in [0.29, 0.717) is 17.3 Å². The van der Waals surface area contributed by atoms with Crippen molar-refractivity contribution in [2.45, 2.75) is 32.1 Å². The molecular weight excluding hydrogens is 308 g/mol. The summed E-state index contributed by atoms with van der Waals surface area (Å²) in [5.74, 6) is 0.862. The van der Waals surface area contributed by atoms with Crippen LogP contribution in [0.15, 0.2) is 18.2 Å². The minimum Gasteiger partial charge on any atom is -0.389 e. The van der Waals surface area contributed by atoms with Crippen molar-refractivity contribution in [2.24, 2.45) is 0 Å². The standard InChI is InChI=1S/C15H23ClN2O2S/c1-5-18(10-15(2,3)20)14(19)17-13-8-11(9-21-4)6-7-12(13)16/h6-8,20H,5,9-10H2,1-4H3,(H,17,19). The fraction of sp³-hybridized carbons (Fsp3) is 0.533. The fourth-order valence-corrected chi connectivity index (χ4v) is 2.59. The summed E-state index contributed by atoms with van der Waals surface area (Å²) in [4.78, 5) is 13.8. The van der Waals surface area contributed by atoms with E-state index in [1.165, 1.54) is 0 Å². The van der Waals surface area contributed by atoms with E-state index in [1.807, 2.05) is 25.3 Å². The number of anilines is 1. The van der Waals surface area contributed by atoms with Crippen molar-refractivity contribution in [1.82, 2.24) is 4.90 Å². The Bertz CT molecular complexity index is 489. The summed E-state index contributed by atoms with van der Waals surface area (Å²) >= 11 is 7.84. The smallest absolute Gasteiger partial charge is 0.321 e. The average Bonchev–Trinajstić information content (AvgIpc) is 2.39. The molecule has 0 spiro atoms. The summed E-state index contributed by atoms with van der Waals surface area (Å²) in [7, 11) is 0. The second kappa shape index (κ2) is 7.92. The van der Waals surface area contributed by atoms with E-state index in [1.54, 1.807) is 36.6 Å². The molecule has 1 aromatic rings. The number of hydrogen-bond donors (Lipinski definition) is 2. The van der Waals surface area contributed by atoms with Gasteiger partial charge in [0, 0.05) is 12.3 Å². The van der Waals surface area contributed by atoms with Crippen LogP contribution in [-0.2, 0) is 5.75 Å². The van der Waals surface area contributed by atoms with Crippen LogP contribution in [0.1, 0.15) is 26.3 Å². The highest BCUT2D eigenvalue weighted by molar-refractivity contribution is 7.97. The highest BCUT2D eigenvalue weighted by Gasteiger charge is 2.21. The number of aliphatic hydroxyl groups is 1. The van der Waals surface area contributed by atoms with Crippen molar-refractivity contribution in [1.29, 1.82) is 0 Å². The molecule has 0 saturated heterocycles. The van der Waals surface area contributed by atoms with Gasteiger partial charge in [-0.2, -0.15) is 11.8 Å². The van der Waals surface area contributed by atoms with Crippen LogP contribution in [0.5, 0.6) is 0 Å². The molecule has 21 heavy (non-hydrogen) atoms. The predicted octanol–water partition coefficient (Wildman–Crippen LogP) is 3.83. The van der Waals surface area contributed by atoms with Crippen LogP contribution in [0.25, 0.3) is 0 Å². The highest BCUT2D eigenvalue weighted by Crippen LogP contribution is 2.25. The predicted molar refractivity (Wildman–Crippen MR) is 91.2 cm³/mol. The normalized spacial score (nSPS) is 11.3. The zero-order valence-electron chi connectivity index (χ0n) is 12.9. The summed E-state index contributed by atoms with van der Waals surface area (Å²) in [5, 5.41) is 13.2. The Kier molecular flexibility index (Phi) is 6.84. The van der Waals surface area contributed by atoms with E-state index in [-0.39, 0.29) is 12.6 Å². The van der Waals surface area contributed by atoms with Crippen molar-refractivity contribution in [3.63, 3.8) is 0 Å². The third-order valence-electron chi connectivity index (χ3n) is 2.83. The molecule has 1 rings (SSSR count). The molecule has 118 valence electrons. The number of likely N-dealkylation sites (N-methyl/N-ethyl adjacent to an activating group) is 1. The number of urea groups is 1. The van der Waals surface area contributed by atoms with Gasteiger partial charge >= 0.3 is 6.03 Å². The molecule has 0 aliphatic carbocycles. The molecular formula is C15H23ClN2O2S. The van der Waals surface area contributed by atoms with E-state index >= 15 is 0 Å². The SMILES string of the molecule is CCN(CC(C)(C)O)C(=O)Nc1cc(CSC)ccc1Cl. The van der Waals surface area contributed by atoms with Gasteiger partial charge in [-0.25, -0.2) is 4.79 Å². The molecule has 0 aromatic heterocycles. The van der Waals surface area contributed by atoms with Crippen LogP contribution < -0.4 is 5.32 Å². The van der Waals surface area contributed by atoms with Crippen molar-refractivity contribution in [2.75, 3.05) is 24.7 Å². The molecule has 0 aliphatic heterocycles. The zero-order valence-corrected chi connectivity index (χ0v) is 14.5. The number of benzene rings is 1. The number of thioether (sulfide) groups is 1. The molecule has 6 heteroatoms. The molecule has 0 bridgehead atoms. The highest BCUT2D eigenvalue weighted by atomic mass is 35.5. The molecule has 0 atom stereocenters. The van der Waals surface area contributed by atoms with Crippen molar-refractivity contribution in [3.8, 4) is 0 Å². The molecule has 2 amide bonds. The van der Waals surface area contributed by atoms with Gasteiger partial charge in [0.2, 0.25) is 0 Å². The number of halogens is 1. The number of nitrogens with one attached hydrogen (secondary N) is 1. The van der Waals surface area contributed by atoms with E-state index in [4.69, 9.17) is 11.6 Å². The Labute approximate surface area is 135 Å². The number of carbonyl (C=O) groups excluding carboxylic acids is 1. The van der Waals surface area contributed by atoms with Gasteiger partial charge in [-0.3, -0.25) is 0 Å². The largest absolute Gasteiger partial charge is 0.389 e. The summed E-state index contributed by atoms with van der Waals surface area (Å²) in [6, 6.07) is 5.36. The van der Waals surface area contributed by atoms with E-state index in [9.17, 15) is 9.90 Å². The first-order chi connectivity index (χ1) is 9.76. The number of rotatable bonds is 6. The molecule has 0 heterocycles. The molecule has 2 N–H and O–H groups in total. The van der Waals surface area contributed by atoms with Crippen LogP contribution in [0.4, 0.5) is 10.5 Å². The molecule has 0 saturated carbocycles. The molecule has 4 nitrogen and oxygen atoms in total. The number of nitrogens with zero attached hydrogens (tertiary/aromatic N) is 1. The lowest BCUT2D eigenvalue weighted by Gasteiger charge is -2.28. The van der Waals surface area contributed by atoms with E-state index in [0.717, 1.165) is 11.3 Å². The number of carbonyl (C=O) groups is 1. The fourth-order valence-electron chi connectivity index (χ4n) is 1.91. The Morgan fingerprint density at radius 2 is 2.14 bits per heavy atom. The van der Waals surface area contributed by atoms with Crippen molar-refractivity contribution in [3.05, 3.63) is 28.8 Å². The monoisotopic (exact) mass is 330 g/mol. The average molecular weight is 331 g/mol. The Morgan fingerprint density at radius 3 is 2.67 bits per heavy atom. The van der Waals surface area contributed by atoms with Gasteiger partial charge < -0.3 is 15.3 Å². The van der Waals surface area contributed by atoms with Gasteiger partial charge in [0.25, 0.3) is 0 Å². The molecule has 0 radical (unpaired) electrons. The van der Waals surface area contributed by atoms with Gasteiger partial charge in [0.1, 0.15) is 0 Å². The first kappa shape index (κ1) is 18.1. The second-order valence-corrected chi connectivity index (χ2v) is 6.78. The summed E-state index contributed by atoms with van der Waals surface area (Å²) in [6.45, 7) is 6.00. The lowest BCUT2D eigenvalue weighted by Crippen LogP contribution is -2.44. The first-order valence-corrected chi connectivity index (χ1v) is 8.59. The number of amides is 2. The van der Waals surface area contributed by atoms with Crippen LogP contribution in [-0.4, -0.2) is 41.0 Å². The maximum atomic E-state index is 12.3. The maximum Gasteiger partial charge on any atom is 0.321 e. The van der Waals surface area contributed by atoms with Crippen LogP contribution in [0, 0.1) is 0 Å². The quantitative estimate of drug-likeness (QED) is 0.833. The molecule has 1 aromatic carbocycles. The summed E-state index contributed by atoms with van der Waals surface area (Å²) in [5.41, 5.74) is 0.771. The third-order valence-corrected chi connectivity index (χ3v) is 3.78. The van der Waals surface area contributed by atoms with Gasteiger partial charge in [0.15, 0.2) is 0 Å². The first-order valence-electron chi connectivity index (χ1n) is 6.82. The minimum absolute atomic E-state index is 0.261. The Hall–Kier alpha value is -0.910. The van der Waals surface area contributed by atoms with Crippen LogP contribution >= 0.6 is 23.4 Å². The summed E-state index contributed by atoms with van der Waals surface area (Å²) in [6.07, 6.45) is 2.02. The van der Waals surface area contributed by atoms with Crippen molar-refractivity contribution >= 4 is 35.1 Å².